The molecule has 2 aromatic carbocycles. The number of carbonyl (C=O) groups excluding carboxylic acids is 2. The topological polar surface area (TPSA) is 80.8 Å². The van der Waals surface area contributed by atoms with Crippen LogP contribution in [0.15, 0.2) is 73.1 Å². The number of benzene rings is 2. The van der Waals surface area contributed by atoms with Crippen molar-refractivity contribution in [1.82, 2.24) is 15.2 Å². The Morgan fingerprint density at radius 1 is 1.00 bits per heavy atom. The second-order valence-corrected chi connectivity index (χ2v) is 8.52. The van der Waals surface area contributed by atoms with Crippen molar-refractivity contribution in [3.8, 4) is 5.75 Å². The van der Waals surface area contributed by atoms with E-state index in [9.17, 15) is 9.59 Å². The van der Waals surface area contributed by atoms with Gasteiger partial charge in [0.15, 0.2) is 0 Å². The standard InChI is InChI=1S/C27H29N3O4/c1-19-16-30(17-20(2)34-19)27(32)23-10-8-21(9-11-23)15-29-26(31)24-6-3-7-25(13-24)33-18-22-5-4-12-28-14-22/h3-14,19-20H,15-18H2,1-2H3,(H,29,31). The van der Waals surface area contributed by atoms with Crippen LogP contribution < -0.4 is 10.1 Å². The van der Waals surface area contributed by atoms with Crippen molar-refractivity contribution in [1.29, 1.82) is 0 Å². The van der Waals surface area contributed by atoms with E-state index in [0.29, 0.717) is 43.1 Å². The van der Waals surface area contributed by atoms with Crippen molar-refractivity contribution in [2.24, 2.45) is 0 Å². The van der Waals surface area contributed by atoms with Crippen molar-refractivity contribution in [2.45, 2.75) is 39.2 Å². The Morgan fingerprint density at radius 3 is 2.47 bits per heavy atom. The number of hydrogen-bond donors (Lipinski definition) is 1. The zero-order valence-electron chi connectivity index (χ0n) is 19.4. The van der Waals surface area contributed by atoms with Crippen molar-refractivity contribution in [3.63, 3.8) is 0 Å². The lowest BCUT2D eigenvalue weighted by Gasteiger charge is -2.35. The minimum Gasteiger partial charge on any atom is -0.489 e. The highest BCUT2D eigenvalue weighted by Crippen LogP contribution is 2.17. The number of nitrogens with zero attached hydrogens (tertiary/aromatic N) is 2. The molecule has 2 amide bonds. The van der Waals surface area contributed by atoms with Crippen LogP contribution in [-0.4, -0.2) is 47.0 Å². The van der Waals surface area contributed by atoms with Gasteiger partial charge in [-0.05, 0) is 55.8 Å². The van der Waals surface area contributed by atoms with Crippen molar-refractivity contribution in [3.05, 3.63) is 95.3 Å². The number of ether oxygens (including phenoxy) is 2. The van der Waals surface area contributed by atoms with Gasteiger partial charge in [0.1, 0.15) is 12.4 Å². The Hall–Kier alpha value is -3.71. The first-order chi connectivity index (χ1) is 16.5. The van der Waals surface area contributed by atoms with Gasteiger partial charge in [-0.25, -0.2) is 0 Å². The highest BCUT2D eigenvalue weighted by Gasteiger charge is 2.26. The van der Waals surface area contributed by atoms with E-state index in [2.05, 4.69) is 10.3 Å². The molecule has 0 saturated carbocycles. The summed E-state index contributed by atoms with van der Waals surface area (Å²) in [6.45, 7) is 5.87. The Bertz CT molecular complexity index is 1110. The molecule has 1 aliphatic heterocycles. The molecule has 0 aliphatic carbocycles. The Balaban J connectivity index is 1.30. The van der Waals surface area contributed by atoms with E-state index < -0.39 is 0 Å². The number of nitrogens with one attached hydrogen (secondary N) is 1. The Labute approximate surface area is 199 Å². The van der Waals surface area contributed by atoms with Crippen LogP contribution in [0.4, 0.5) is 0 Å². The number of carbonyl (C=O) groups is 2. The molecular weight excluding hydrogens is 430 g/mol. The van der Waals surface area contributed by atoms with Gasteiger partial charge in [-0.15, -0.1) is 0 Å². The fraction of sp³-hybridized carbons (Fsp3) is 0.296. The van der Waals surface area contributed by atoms with Crippen LogP contribution in [0.25, 0.3) is 0 Å². The third kappa shape index (κ3) is 6.20. The lowest BCUT2D eigenvalue weighted by atomic mass is 10.1. The fourth-order valence-electron chi connectivity index (χ4n) is 3.95. The second kappa shape index (κ2) is 10.9. The summed E-state index contributed by atoms with van der Waals surface area (Å²) in [7, 11) is 0. The first-order valence-corrected chi connectivity index (χ1v) is 11.4. The average Bonchev–Trinajstić information content (AvgIpc) is 2.86. The zero-order valence-corrected chi connectivity index (χ0v) is 19.4. The molecule has 0 radical (unpaired) electrons. The molecule has 0 bridgehead atoms. The summed E-state index contributed by atoms with van der Waals surface area (Å²) in [5.74, 6) is 0.426. The van der Waals surface area contributed by atoms with E-state index in [0.717, 1.165) is 11.1 Å². The summed E-state index contributed by atoms with van der Waals surface area (Å²) in [5, 5.41) is 2.92. The summed E-state index contributed by atoms with van der Waals surface area (Å²) < 4.78 is 11.5. The molecule has 1 aromatic heterocycles. The van der Waals surface area contributed by atoms with E-state index >= 15 is 0 Å². The maximum absolute atomic E-state index is 12.8. The van der Waals surface area contributed by atoms with Crippen LogP contribution >= 0.6 is 0 Å². The largest absolute Gasteiger partial charge is 0.489 e. The van der Waals surface area contributed by atoms with Gasteiger partial charge in [-0.3, -0.25) is 14.6 Å². The van der Waals surface area contributed by atoms with E-state index in [1.807, 2.05) is 61.2 Å². The highest BCUT2D eigenvalue weighted by atomic mass is 16.5. The fourth-order valence-corrected chi connectivity index (χ4v) is 3.95. The van der Waals surface area contributed by atoms with E-state index in [-0.39, 0.29) is 24.0 Å². The minimum absolute atomic E-state index is 0.000634. The van der Waals surface area contributed by atoms with E-state index in [1.54, 1.807) is 30.6 Å². The van der Waals surface area contributed by atoms with Crippen LogP contribution in [0.5, 0.6) is 5.75 Å². The summed E-state index contributed by atoms with van der Waals surface area (Å²) in [4.78, 5) is 31.4. The Morgan fingerprint density at radius 2 is 1.76 bits per heavy atom. The van der Waals surface area contributed by atoms with Gasteiger partial charge in [0.05, 0.1) is 12.2 Å². The minimum atomic E-state index is -0.191. The lowest BCUT2D eigenvalue weighted by molar-refractivity contribution is -0.0586. The number of rotatable bonds is 7. The van der Waals surface area contributed by atoms with Gasteiger partial charge in [-0.2, -0.15) is 0 Å². The zero-order chi connectivity index (χ0) is 23.9. The molecular formula is C27H29N3O4. The van der Waals surface area contributed by atoms with E-state index in [1.165, 1.54) is 0 Å². The SMILES string of the molecule is CC1CN(C(=O)c2ccc(CNC(=O)c3cccc(OCc4cccnc4)c3)cc2)CC(C)O1. The molecule has 34 heavy (non-hydrogen) atoms. The maximum Gasteiger partial charge on any atom is 0.254 e. The smallest absolute Gasteiger partial charge is 0.254 e. The maximum atomic E-state index is 12.8. The lowest BCUT2D eigenvalue weighted by Crippen LogP contribution is -2.48. The molecule has 1 N–H and O–H groups in total. The molecule has 176 valence electrons. The van der Waals surface area contributed by atoms with Crippen LogP contribution in [0.3, 0.4) is 0 Å². The van der Waals surface area contributed by atoms with Crippen LogP contribution in [0.2, 0.25) is 0 Å². The van der Waals surface area contributed by atoms with Crippen LogP contribution in [0.1, 0.15) is 45.7 Å². The molecule has 4 rings (SSSR count). The Kier molecular flexibility index (Phi) is 7.54. The van der Waals surface area contributed by atoms with Gasteiger partial charge in [0.25, 0.3) is 11.8 Å². The second-order valence-electron chi connectivity index (χ2n) is 8.52. The molecule has 1 saturated heterocycles. The number of hydrogen-bond acceptors (Lipinski definition) is 5. The summed E-state index contributed by atoms with van der Waals surface area (Å²) in [6, 6.07) is 18.2. The first kappa shape index (κ1) is 23.4. The van der Waals surface area contributed by atoms with Gasteiger partial charge in [0, 0.05) is 48.7 Å². The molecule has 0 spiro atoms. The number of pyridine rings is 1. The molecule has 2 atom stereocenters. The number of aromatic nitrogens is 1. The van der Waals surface area contributed by atoms with Crippen LogP contribution in [0, 0.1) is 0 Å². The number of morpholine rings is 1. The van der Waals surface area contributed by atoms with Gasteiger partial charge in [0.2, 0.25) is 0 Å². The average molecular weight is 460 g/mol. The molecule has 3 aromatic rings. The van der Waals surface area contributed by atoms with Gasteiger partial charge >= 0.3 is 0 Å². The number of amides is 2. The molecule has 2 unspecified atom stereocenters. The monoisotopic (exact) mass is 459 g/mol. The summed E-state index contributed by atoms with van der Waals surface area (Å²) >= 11 is 0. The third-order valence-electron chi connectivity index (χ3n) is 5.59. The normalized spacial score (nSPS) is 17.8. The summed E-state index contributed by atoms with van der Waals surface area (Å²) in [6.07, 6.45) is 3.52. The van der Waals surface area contributed by atoms with Gasteiger partial charge in [-0.1, -0.05) is 24.3 Å². The third-order valence-corrected chi connectivity index (χ3v) is 5.59. The predicted molar refractivity (Wildman–Crippen MR) is 129 cm³/mol. The predicted octanol–water partition coefficient (Wildman–Crippen LogP) is 3.84. The van der Waals surface area contributed by atoms with Crippen LogP contribution in [-0.2, 0) is 17.9 Å². The molecule has 1 fully saturated rings. The van der Waals surface area contributed by atoms with Gasteiger partial charge < -0.3 is 19.7 Å². The van der Waals surface area contributed by atoms with Crippen molar-refractivity contribution >= 4 is 11.8 Å². The van der Waals surface area contributed by atoms with Crippen molar-refractivity contribution in [2.75, 3.05) is 13.1 Å². The first-order valence-electron chi connectivity index (χ1n) is 11.4. The molecule has 7 heteroatoms. The molecule has 2 heterocycles. The van der Waals surface area contributed by atoms with E-state index in [4.69, 9.17) is 9.47 Å². The summed E-state index contributed by atoms with van der Waals surface area (Å²) in [5.41, 5.74) is 3.02. The quantitative estimate of drug-likeness (QED) is 0.581. The molecule has 1 aliphatic rings. The highest BCUT2D eigenvalue weighted by molar-refractivity contribution is 5.95. The molecule has 7 nitrogen and oxygen atoms in total. The van der Waals surface area contributed by atoms with Crippen molar-refractivity contribution < 1.29 is 19.1 Å².